The van der Waals surface area contributed by atoms with Crippen molar-refractivity contribution >= 4 is 21.4 Å². The lowest BCUT2D eigenvalue weighted by molar-refractivity contribution is -0.385. The zero-order valence-corrected chi connectivity index (χ0v) is 11.8. The van der Waals surface area contributed by atoms with Gasteiger partial charge in [-0.15, -0.1) is 0 Å². The molecular weight excluding hydrogens is 286 g/mol. The Morgan fingerprint density at radius 1 is 1.45 bits per heavy atom. The van der Waals surface area contributed by atoms with E-state index < -0.39 is 14.9 Å². The van der Waals surface area contributed by atoms with Gasteiger partial charge in [-0.3, -0.25) is 10.1 Å². The summed E-state index contributed by atoms with van der Waals surface area (Å²) in [6.45, 7) is 1.81. The van der Waals surface area contributed by atoms with Gasteiger partial charge in [0.25, 0.3) is 5.69 Å². The lowest BCUT2D eigenvalue weighted by Crippen LogP contribution is -2.32. The number of benzene rings is 1. The lowest BCUT2D eigenvalue weighted by Gasteiger charge is -2.20. The zero-order valence-electron chi connectivity index (χ0n) is 11.0. The van der Waals surface area contributed by atoms with Gasteiger partial charge < -0.3 is 10.8 Å². The molecule has 0 saturated heterocycles. The summed E-state index contributed by atoms with van der Waals surface area (Å²) in [4.78, 5) is 9.76. The summed E-state index contributed by atoms with van der Waals surface area (Å²) in [7, 11) is -3.92. The summed E-state index contributed by atoms with van der Waals surface area (Å²) in [5.41, 5.74) is 5.24. The summed E-state index contributed by atoms with van der Waals surface area (Å²) in [6.07, 6.45) is 0.280. The first kappa shape index (κ1) is 16.3. The van der Waals surface area contributed by atoms with E-state index in [4.69, 9.17) is 10.8 Å². The number of aliphatic hydroxyl groups excluding tert-OH is 1. The first-order chi connectivity index (χ1) is 9.34. The summed E-state index contributed by atoms with van der Waals surface area (Å²) >= 11 is 0. The van der Waals surface area contributed by atoms with Gasteiger partial charge in [0.05, 0.1) is 10.6 Å². The van der Waals surface area contributed by atoms with E-state index in [2.05, 4.69) is 0 Å². The Hall–Kier alpha value is -1.71. The van der Waals surface area contributed by atoms with Crippen molar-refractivity contribution in [1.82, 2.24) is 4.31 Å². The molecule has 9 heteroatoms. The van der Waals surface area contributed by atoms with Gasteiger partial charge in [0.15, 0.2) is 0 Å². The van der Waals surface area contributed by atoms with Crippen molar-refractivity contribution in [3.63, 3.8) is 0 Å². The first-order valence-electron chi connectivity index (χ1n) is 5.99. The molecule has 20 heavy (non-hydrogen) atoms. The van der Waals surface area contributed by atoms with Crippen LogP contribution in [0.3, 0.4) is 0 Å². The van der Waals surface area contributed by atoms with Crippen LogP contribution < -0.4 is 5.73 Å². The number of anilines is 1. The molecule has 0 spiro atoms. The fraction of sp³-hybridized carbons (Fsp3) is 0.455. The molecule has 0 bridgehead atoms. The summed E-state index contributed by atoms with van der Waals surface area (Å²) in [6, 6.07) is 3.30. The summed E-state index contributed by atoms with van der Waals surface area (Å²) in [5, 5.41) is 19.5. The average molecular weight is 303 g/mol. The quantitative estimate of drug-likeness (QED) is 0.430. The van der Waals surface area contributed by atoms with Gasteiger partial charge in [-0.2, -0.15) is 4.31 Å². The minimum Gasteiger partial charge on any atom is -0.398 e. The molecule has 1 rings (SSSR count). The third kappa shape index (κ3) is 3.44. The predicted molar refractivity (Wildman–Crippen MR) is 73.6 cm³/mol. The van der Waals surface area contributed by atoms with E-state index >= 15 is 0 Å². The van der Waals surface area contributed by atoms with Crippen molar-refractivity contribution in [2.24, 2.45) is 0 Å². The molecule has 0 saturated carbocycles. The highest BCUT2D eigenvalue weighted by Gasteiger charge is 2.26. The molecular formula is C11H17N3O5S. The van der Waals surface area contributed by atoms with Crippen LogP contribution in [-0.2, 0) is 10.0 Å². The SMILES string of the molecule is CCN(CCCO)S(=O)(=O)c1cc([N+](=O)[O-])ccc1N. The third-order valence-corrected chi connectivity index (χ3v) is 4.77. The van der Waals surface area contributed by atoms with Crippen molar-refractivity contribution < 1.29 is 18.4 Å². The van der Waals surface area contributed by atoms with E-state index in [1.54, 1.807) is 6.92 Å². The topological polar surface area (TPSA) is 127 Å². The molecule has 0 aliphatic rings. The van der Waals surface area contributed by atoms with Crippen molar-refractivity contribution in [2.75, 3.05) is 25.4 Å². The van der Waals surface area contributed by atoms with E-state index in [1.807, 2.05) is 0 Å². The maximum atomic E-state index is 12.4. The van der Waals surface area contributed by atoms with Crippen LogP contribution in [0.4, 0.5) is 11.4 Å². The molecule has 0 aromatic heterocycles. The molecule has 0 fully saturated rings. The number of nitro benzene ring substituents is 1. The Morgan fingerprint density at radius 2 is 2.10 bits per heavy atom. The van der Waals surface area contributed by atoms with Gasteiger partial charge >= 0.3 is 0 Å². The number of non-ortho nitro benzene ring substituents is 1. The van der Waals surface area contributed by atoms with E-state index in [0.717, 1.165) is 16.4 Å². The van der Waals surface area contributed by atoms with E-state index in [9.17, 15) is 18.5 Å². The summed E-state index contributed by atoms with van der Waals surface area (Å²) in [5.74, 6) is 0. The second-order valence-electron chi connectivity index (χ2n) is 4.05. The summed E-state index contributed by atoms with van der Waals surface area (Å²) < 4.78 is 25.9. The van der Waals surface area contributed by atoms with Crippen LogP contribution in [-0.4, -0.2) is 42.4 Å². The Bertz CT molecular complexity index is 588. The normalized spacial score (nSPS) is 11.8. The minimum atomic E-state index is -3.92. The average Bonchev–Trinajstić information content (AvgIpc) is 2.39. The highest BCUT2D eigenvalue weighted by molar-refractivity contribution is 7.89. The number of nitrogen functional groups attached to an aromatic ring is 1. The molecule has 0 aliphatic heterocycles. The third-order valence-electron chi connectivity index (χ3n) is 2.74. The van der Waals surface area contributed by atoms with Gasteiger partial charge in [0.1, 0.15) is 4.90 Å². The Labute approximate surface area is 117 Å². The number of sulfonamides is 1. The molecule has 1 aromatic rings. The monoisotopic (exact) mass is 303 g/mol. The molecule has 0 aliphatic carbocycles. The van der Waals surface area contributed by atoms with Crippen LogP contribution in [0, 0.1) is 10.1 Å². The number of nitro groups is 1. The second kappa shape index (κ2) is 6.64. The van der Waals surface area contributed by atoms with Crippen LogP contribution in [0.1, 0.15) is 13.3 Å². The number of aliphatic hydroxyl groups is 1. The van der Waals surface area contributed by atoms with Crippen LogP contribution in [0.15, 0.2) is 23.1 Å². The van der Waals surface area contributed by atoms with E-state index in [1.165, 1.54) is 6.07 Å². The van der Waals surface area contributed by atoms with Gasteiger partial charge in [-0.05, 0) is 12.5 Å². The predicted octanol–water partition coefficient (Wildman–Crippen LogP) is 0.570. The first-order valence-corrected chi connectivity index (χ1v) is 7.43. The van der Waals surface area contributed by atoms with E-state index in [0.29, 0.717) is 0 Å². The largest absolute Gasteiger partial charge is 0.398 e. The molecule has 1 aromatic carbocycles. The molecule has 8 nitrogen and oxygen atoms in total. The maximum absolute atomic E-state index is 12.4. The van der Waals surface area contributed by atoms with Crippen LogP contribution >= 0.6 is 0 Å². The van der Waals surface area contributed by atoms with Crippen LogP contribution in [0.25, 0.3) is 0 Å². The van der Waals surface area contributed by atoms with Gasteiger partial charge in [0.2, 0.25) is 10.0 Å². The second-order valence-corrected chi connectivity index (χ2v) is 5.96. The molecule has 0 radical (unpaired) electrons. The minimum absolute atomic E-state index is 0.0435. The Morgan fingerprint density at radius 3 is 2.60 bits per heavy atom. The molecule has 0 unspecified atom stereocenters. The number of hydrogen-bond donors (Lipinski definition) is 2. The molecule has 0 atom stereocenters. The van der Waals surface area contributed by atoms with Crippen LogP contribution in [0.5, 0.6) is 0 Å². The van der Waals surface area contributed by atoms with Crippen molar-refractivity contribution in [2.45, 2.75) is 18.2 Å². The fourth-order valence-corrected chi connectivity index (χ4v) is 3.32. The van der Waals surface area contributed by atoms with Crippen LogP contribution in [0.2, 0.25) is 0 Å². The zero-order chi connectivity index (χ0) is 15.3. The molecule has 112 valence electrons. The van der Waals surface area contributed by atoms with Crippen molar-refractivity contribution in [3.8, 4) is 0 Å². The van der Waals surface area contributed by atoms with Gasteiger partial charge in [0, 0.05) is 31.8 Å². The maximum Gasteiger partial charge on any atom is 0.270 e. The van der Waals surface area contributed by atoms with Crippen molar-refractivity contribution in [1.29, 1.82) is 0 Å². The molecule has 3 N–H and O–H groups in total. The number of nitrogens with zero attached hydrogens (tertiary/aromatic N) is 2. The van der Waals surface area contributed by atoms with Gasteiger partial charge in [-0.1, -0.05) is 6.92 Å². The Balaban J connectivity index is 3.26. The number of nitrogens with two attached hydrogens (primary N) is 1. The highest BCUT2D eigenvalue weighted by atomic mass is 32.2. The van der Waals surface area contributed by atoms with E-state index in [-0.39, 0.29) is 42.4 Å². The Kier molecular flexibility index (Phi) is 5.43. The number of rotatable bonds is 7. The lowest BCUT2D eigenvalue weighted by atomic mass is 10.3. The highest BCUT2D eigenvalue weighted by Crippen LogP contribution is 2.26. The smallest absolute Gasteiger partial charge is 0.270 e. The van der Waals surface area contributed by atoms with Crippen molar-refractivity contribution in [3.05, 3.63) is 28.3 Å². The molecule has 0 heterocycles. The molecule has 0 amide bonds. The standard InChI is InChI=1S/C11H17N3O5S/c1-2-13(6-3-7-15)20(18,19)11-8-9(14(16)17)4-5-10(11)12/h4-5,8,15H,2-3,6-7,12H2,1H3. The number of hydrogen-bond acceptors (Lipinski definition) is 6. The fourth-order valence-electron chi connectivity index (χ4n) is 1.69. The van der Waals surface area contributed by atoms with Gasteiger partial charge in [-0.25, -0.2) is 8.42 Å².